The van der Waals surface area contributed by atoms with Gasteiger partial charge in [0.1, 0.15) is 11.5 Å². The maximum absolute atomic E-state index is 13.0. The number of amides is 1. The minimum Gasteiger partial charge on any atom is -0.456 e. The Morgan fingerprint density at radius 2 is 1.62 bits per heavy atom. The van der Waals surface area contributed by atoms with Gasteiger partial charge in [-0.3, -0.25) is 4.79 Å². The monoisotopic (exact) mass is 470 g/mol. The van der Waals surface area contributed by atoms with Crippen LogP contribution >= 0.6 is 47.2 Å². The molecule has 2 N–H and O–H groups in total. The average molecular weight is 472 g/mol. The van der Waals surface area contributed by atoms with Gasteiger partial charge in [0.05, 0.1) is 15.6 Å². The summed E-state index contributed by atoms with van der Waals surface area (Å²) in [4.78, 5) is 14.5. The lowest BCUT2D eigenvalue weighted by Gasteiger charge is -2.23. The molecule has 0 spiro atoms. The van der Waals surface area contributed by atoms with Gasteiger partial charge in [-0.25, -0.2) is 0 Å². The topological polar surface area (TPSA) is 55.6 Å². The van der Waals surface area contributed by atoms with Gasteiger partial charge < -0.3 is 15.4 Å². The Morgan fingerprint density at radius 3 is 2.24 bits per heavy atom. The van der Waals surface area contributed by atoms with Gasteiger partial charge in [-0.15, -0.1) is 12.4 Å². The Labute approximate surface area is 190 Å². The molecule has 0 fully saturated rings. The number of ether oxygens (including phenoxy) is 1. The molecule has 0 heterocycles. The molecule has 152 valence electrons. The van der Waals surface area contributed by atoms with E-state index >= 15 is 0 Å². The number of benzene rings is 3. The Kier molecular flexibility index (Phi) is 8.62. The number of rotatable bonds is 6. The summed E-state index contributed by atoms with van der Waals surface area (Å²) in [6.45, 7) is 0.636. The van der Waals surface area contributed by atoms with E-state index in [1.165, 1.54) is 6.07 Å². The van der Waals surface area contributed by atoms with Crippen LogP contribution in [0.2, 0.25) is 15.1 Å². The number of carbonyl (C=O) groups is 1. The van der Waals surface area contributed by atoms with E-state index < -0.39 is 0 Å². The van der Waals surface area contributed by atoms with E-state index in [2.05, 4.69) is 0 Å². The van der Waals surface area contributed by atoms with E-state index in [0.29, 0.717) is 45.9 Å². The SMILES string of the molecule is Cl.NCCN(C(=O)c1ccc(Cl)cc1Cl)c1ccc(Oc2ccccc2Cl)cc1. The first-order valence-corrected chi connectivity index (χ1v) is 9.62. The highest BCUT2D eigenvalue weighted by atomic mass is 35.5. The third kappa shape index (κ3) is 5.78. The van der Waals surface area contributed by atoms with Crippen LogP contribution in [-0.2, 0) is 0 Å². The molecule has 1 amide bonds. The molecule has 0 atom stereocenters. The van der Waals surface area contributed by atoms with E-state index in [9.17, 15) is 4.79 Å². The molecule has 0 saturated heterocycles. The molecule has 8 heteroatoms. The first kappa shape index (κ1) is 23.3. The molecule has 3 aromatic rings. The van der Waals surface area contributed by atoms with Crippen LogP contribution in [0.5, 0.6) is 11.5 Å². The molecule has 0 aliphatic carbocycles. The van der Waals surface area contributed by atoms with Crippen molar-refractivity contribution in [3.05, 3.63) is 87.4 Å². The van der Waals surface area contributed by atoms with E-state index in [-0.39, 0.29) is 23.3 Å². The van der Waals surface area contributed by atoms with Gasteiger partial charge >= 0.3 is 0 Å². The first-order valence-electron chi connectivity index (χ1n) is 8.49. The van der Waals surface area contributed by atoms with Crippen LogP contribution in [0.25, 0.3) is 0 Å². The summed E-state index contributed by atoms with van der Waals surface area (Å²) >= 11 is 18.2. The molecule has 3 rings (SSSR count). The number of halogens is 4. The van der Waals surface area contributed by atoms with E-state index in [0.717, 1.165) is 0 Å². The summed E-state index contributed by atoms with van der Waals surface area (Å²) < 4.78 is 5.79. The van der Waals surface area contributed by atoms with E-state index in [1.807, 2.05) is 12.1 Å². The lowest BCUT2D eigenvalue weighted by molar-refractivity contribution is 0.0987. The van der Waals surface area contributed by atoms with Crippen molar-refractivity contribution in [2.45, 2.75) is 0 Å². The maximum atomic E-state index is 13.0. The minimum absolute atomic E-state index is 0. The van der Waals surface area contributed by atoms with Crippen LogP contribution in [0, 0.1) is 0 Å². The maximum Gasteiger partial charge on any atom is 0.259 e. The Hall–Kier alpha value is -1.95. The van der Waals surface area contributed by atoms with Gasteiger partial charge in [-0.05, 0) is 54.6 Å². The van der Waals surface area contributed by atoms with Gasteiger partial charge in [0, 0.05) is 23.8 Å². The second-order valence-electron chi connectivity index (χ2n) is 5.90. The lowest BCUT2D eigenvalue weighted by Crippen LogP contribution is -2.35. The molecule has 0 unspecified atom stereocenters. The van der Waals surface area contributed by atoms with Crippen molar-refractivity contribution in [1.29, 1.82) is 0 Å². The number of nitrogens with two attached hydrogens (primary N) is 1. The molecule has 0 aliphatic heterocycles. The van der Waals surface area contributed by atoms with Gasteiger partial charge in [-0.2, -0.15) is 0 Å². The Balaban J connectivity index is 0.00000300. The van der Waals surface area contributed by atoms with Crippen LogP contribution < -0.4 is 15.4 Å². The molecule has 0 aliphatic rings. The predicted octanol–water partition coefficient (Wildman–Crippen LogP) is 6.47. The number of anilines is 1. The Morgan fingerprint density at radius 1 is 0.931 bits per heavy atom. The van der Waals surface area contributed by atoms with E-state index in [4.69, 9.17) is 45.3 Å². The number of para-hydroxylation sites is 1. The highest BCUT2D eigenvalue weighted by Gasteiger charge is 2.20. The van der Waals surface area contributed by atoms with Crippen LogP contribution in [0.4, 0.5) is 5.69 Å². The van der Waals surface area contributed by atoms with Crippen LogP contribution in [0.1, 0.15) is 10.4 Å². The lowest BCUT2D eigenvalue weighted by atomic mass is 10.1. The van der Waals surface area contributed by atoms with Crippen molar-refractivity contribution in [3.8, 4) is 11.5 Å². The largest absolute Gasteiger partial charge is 0.456 e. The minimum atomic E-state index is -0.258. The fourth-order valence-electron chi connectivity index (χ4n) is 2.63. The van der Waals surface area contributed by atoms with Crippen LogP contribution in [0.15, 0.2) is 66.7 Å². The smallest absolute Gasteiger partial charge is 0.259 e. The van der Waals surface area contributed by atoms with Gasteiger partial charge in [0.2, 0.25) is 0 Å². The van der Waals surface area contributed by atoms with Crippen molar-refractivity contribution in [3.63, 3.8) is 0 Å². The van der Waals surface area contributed by atoms with Crippen molar-refractivity contribution in [2.24, 2.45) is 5.73 Å². The van der Waals surface area contributed by atoms with Crippen LogP contribution in [-0.4, -0.2) is 19.0 Å². The second-order valence-corrected chi connectivity index (χ2v) is 7.15. The average Bonchev–Trinajstić information content (AvgIpc) is 2.68. The molecule has 0 bridgehead atoms. The normalized spacial score (nSPS) is 10.2. The van der Waals surface area contributed by atoms with Crippen molar-refractivity contribution >= 4 is 58.8 Å². The fraction of sp³-hybridized carbons (Fsp3) is 0.0952. The van der Waals surface area contributed by atoms with Crippen molar-refractivity contribution in [1.82, 2.24) is 0 Å². The first-order chi connectivity index (χ1) is 13.5. The van der Waals surface area contributed by atoms with Crippen molar-refractivity contribution in [2.75, 3.05) is 18.0 Å². The van der Waals surface area contributed by atoms with Crippen LogP contribution in [0.3, 0.4) is 0 Å². The fourth-order valence-corrected chi connectivity index (χ4v) is 3.30. The van der Waals surface area contributed by atoms with Gasteiger partial charge in [0.25, 0.3) is 5.91 Å². The van der Waals surface area contributed by atoms with E-state index in [1.54, 1.807) is 53.4 Å². The number of hydrogen-bond donors (Lipinski definition) is 1. The second kappa shape index (κ2) is 10.7. The highest BCUT2D eigenvalue weighted by Crippen LogP contribution is 2.31. The zero-order valence-corrected chi connectivity index (χ0v) is 18.2. The summed E-state index contributed by atoms with van der Waals surface area (Å²) in [6.07, 6.45) is 0. The summed E-state index contributed by atoms with van der Waals surface area (Å²) in [5.41, 5.74) is 6.74. The molecule has 0 aromatic heterocycles. The molecule has 0 radical (unpaired) electrons. The zero-order chi connectivity index (χ0) is 20.1. The molecular weight excluding hydrogens is 454 g/mol. The highest BCUT2D eigenvalue weighted by molar-refractivity contribution is 6.37. The molecule has 3 aromatic carbocycles. The van der Waals surface area contributed by atoms with Gasteiger partial charge in [0.15, 0.2) is 0 Å². The summed E-state index contributed by atoms with van der Waals surface area (Å²) in [7, 11) is 0. The standard InChI is InChI=1S/C21H17Cl3N2O2.ClH/c22-14-5-10-17(19(24)13-14)21(27)26(12-11-25)15-6-8-16(9-7-15)28-20-4-2-1-3-18(20)23;/h1-10,13H,11-12,25H2;1H. The number of carbonyl (C=O) groups excluding carboxylic acids is 1. The summed E-state index contributed by atoms with van der Waals surface area (Å²) in [5.74, 6) is 0.896. The van der Waals surface area contributed by atoms with Gasteiger partial charge in [-0.1, -0.05) is 46.9 Å². The predicted molar refractivity (Wildman–Crippen MR) is 122 cm³/mol. The third-order valence-corrected chi connectivity index (χ3v) is 4.83. The quantitative estimate of drug-likeness (QED) is 0.448. The van der Waals surface area contributed by atoms with Crippen molar-refractivity contribution < 1.29 is 9.53 Å². The third-order valence-electron chi connectivity index (χ3n) is 3.97. The Bertz CT molecular complexity index is 981. The number of nitrogens with zero attached hydrogens (tertiary/aromatic N) is 1. The summed E-state index contributed by atoms with van der Waals surface area (Å²) in [5, 5.41) is 1.27. The molecule has 4 nitrogen and oxygen atoms in total. The molecular formula is C21H18Cl4N2O2. The summed E-state index contributed by atoms with van der Waals surface area (Å²) in [6, 6.07) is 19.1. The zero-order valence-electron chi connectivity index (χ0n) is 15.1. The molecule has 29 heavy (non-hydrogen) atoms. The number of hydrogen-bond acceptors (Lipinski definition) is 3. The molecule has 0 saturated carbocycles.